The number of amides is 2. The molecule has 0 saturated carbocycles. The second-order valence-corrected chi connectivity index (χ2v) is 4.90. The van der Waals surface area contributed by atoms with Crippen LogP contribution in [-0.2, 0) is 9.53 Å². The predicted octanol–water partition coefficient (Wildman–Crippen LogP) is 0.871. The van der Waals surface area contributed by atoms with Crippen LogP contribution in [0, 0.1) is 0 Å². The molecule has 0 spiro atoms. The van der Waals surface area contributed by atoms with Gasteiger partial charge in [0.15, 0.2) is 0 Å². The average Bonchev–Trinajstić information content (AvgIpc) is 2.33. The Balaban J connectivity index is 3.88. The number of methoxy groups -OCH3 is 1. The molecule has 6 nitrogen and oxygen atoms in total. The number of nitrogens with zero attached hydrogens (tertiary/aromatic N) is 1. The maximum absolute atomic E-state index is 11.6. The molecule has 18 heavy (non-hydrogen) atoms. The summed E-state index contributed by atoms with van der Waals surface area (Å²) in [6.45, 7) is 0.887. The second-order valence-electron chi connectivity index (χ2n) is 3.91. The number of carboxylic acids is 1. The summed E-state index contributed by atoms with van der Waals surface area (Å²) in [7, 11) is 3.15. The Kier molecular flexibility index (Phi) is 9.49. The van der Waals surface area contributed by atoms with Gasteiger partial charge in [0.2, 0.25) is 0 Å². The van der Waals surface area contributed by atoms with Crippen LogP contribution in [0.3, 0.4) is 0 Å². The van der Waals surface area contributed by atoms with Crippen LogP contribution >= 0.6 is 11.8 Å². The van der Waals surface area contributed by atoms with Crippen molar-refractivity contribution in [1.29, 1.82) is 0 Å². The monoisotopic (exact) mass is 278 g/mol. The SMILES string of the molecule is COC(CNC(=O)N(C)CCCSC)CC(=O)O. The summed E-state index contributed by atoms with van der Waals surface area (Å²) >= 11 is 1.74. The summed E-state index contributed by atoms with van der Waals surface area (Å²) in [6, 6.07) is -0.205. The van der Waals surface area contributed by atoms with E-state index < -0.39 is 12.1 Å². The van der Waals surface area contributed by atoms with Crippen LogP contribution in [0.15, 0.2) is 0 Å². The average molecular weight is 278 g/mol. The van der Waals surface area contributed by atoms with Crippen molar-refractivity contribution < 1.29 is 19.4 Å². The molecule has 0 aromatic heterocycles. The zero-order valence-corrected chi connectivity index (χ0v) is 12.0. The van der Waals surface area contributed by atoms with E-state index >= 15 is 0 Å². The summed E-state index contributed by atoms with van der Waals surface area (Å²) < 4.78 is 4.97. The molecule has 0 fully saturated rings. The molecular weight excluding hydrogens is 256 g/mol. The number of ether oxygens (including phenoxy) is 1. The summed E-state index contributed by atoms with van der Waals surface area (Å²) in [5.41, 5.74) is 0. The smallest absolute Gasteiger partial charge is 0.317 e. The molecule has 0 aromatic rings. The Hall–Kier alpha value is -0.950. The van der Waals surface area contributed by atoms with Gasteiger partial charge in [-0.2, -0.15) is 11.8 Å². The van der Waals surface area contributed by atoms with Gasteiger partial charge in [-0.25, -0.2) is 4.79 Å². The molecule has 0 heterocycles. The minimum atomic E-state index is -0.940. The largest absolute Gasteiger partial charge is 0.481 e. The molecule has 2 N–H and O–H groups in total. The molecule has 0 aromatic carbocycles. The fraction of sp³-hybridized carbons (Fsp3) is 0.818. The van der Waals surface area contributed by atoms with Gasteiger partial charge in [0.05, 0.1) is 12.5 Å². The first kappa shape index (κ1) is 17.1. The van der Waals surface area contributed by atoms with Gasteiger partial charge in [-0.05, 0) is 18.4 Å². The van der Waals surface area contributed by atoms with Gasteiger partial charge in [0.25, 0.3) is 0 Å². The van der Waals surface area contributed by atoms with Crippen LogP contribution in [-0.4, -0.2) is 67.4 Å². The van der Waals surface area contributed by atoms with Crippen LogP contribution in [0.25, 0.3) is 0 Å². The third-order valence-corrected chi connectivity index (χ3v) is 3.10. The van der Waals surface area contributed by atoms with Crippen molar-refractivity contribution in [2.45, 2.75) is 18.9 Å². The van der Waals surface area contributed by atoms with E-state index in [-0.39, 0.29) is 19.0 Å². The first-order valence-electron chi connectivity index (χ1n) is 5.73. The molecule has 0 aliphatic rings. The van der Waals surface area contributed by atoms with Gasteiger partial charge in [-0.3, -0.25) is 4.79 Å². The number of carboxylic acid groups (broad SMARTS) is 1. The zero-order valence-electron chi connectivity index (χ0n) is 11.1. The maximum atomic E-state index is 11.6. The van der Waals surface area contributed by atoms with Gasteiger partial charge in [0.1, 0.15) is 0 Å². The number of thioether (sulfide) groups is 1. The summed E-state index contributed by atoms with van der Waals surface area (Å²) in [4.78, 5) is 23.8. The number of carbonyl (C=O) groups is 2. The van der Waals surface area contributed by atoms with Crippen LogP contribution in [0.4, 0.5) is 4.79 Å². The lowest BCUT2D eigenvalue weighted by atomic mass is 10.2. The van der Waals surface area contributed by atoms with E-state index in [0.717, 1.165) is 12.2 Å². The van der Waals surface area contributed by atoms with Crippen molar-refractivity contribution >= 4 is 23.8 Å². The molecule has 0 bridgehead atoms. The van der Waals surface area contributed by atoms with E-state index in [9.17, 15) is 9.59 Å². The van der Waals surface area contributed by atoms with Gasteiger partial charge in [-0.1, -0.05) is 0 Å². The lowest BCUT2D eigenvalue weighted by molar-refractivity contribution is -0.139. The van der Waals surface area contributed by atoms with E-state index in [1.54, 1.807) is 23.7 Å². The normalized spacial score (nSPS) is 11.9. The molecule has 7 heteroatoms. The zero-order chi connectivity index (χ0) is 14.0. The Morgan fingerprint density at radius 3 is 2.67 bits per heavy atom. The minimum absolute atomic E-state index is 0.118. The molecule has 106 valence electrons. The second kappa shape index (κ2) is 10.0. The number of urea groups is 1. The van der Waals surface area contributed by atoms with E-state index in [1.165, 1.54) is 7.11 Å². The highest BCUT2D eigenvalue weighted by Gasteiger charge is 2.14. The summed E-state index contributed by atoms with van der Waals surface area (Å²) in [6.07, 6.45) is 2.35. The molecule has 1 unspecified atom stereocenters. The summed E-state index contributed by atoms with van der Waals surface area (Å²) in [5.74, 6) is 0.0709. The molecule has 2 amide bonds. The molecule has 0 aliphatic heterocycles. The predicted molar refractivity (Wildman–Crippen MR) is 72.1 cm³/mol. The fourth-order valence-electron chi connectivity index (χ4n) is 1.32. The Morgan fingerprint density at radius 1 is 1.50 bits per heavy atom. The van der Waals surface area contributed by atoms with Crippen molar-refractivity contribution in [1.82, 2.24) is 10.2 Å². The summed E-state index contributed by atoms with van der Waals surface area (Å²) in [5, 5.41) is 11.3. The van der Waals surface area contributed by atoms with Crippen LogP contribution in [0.5, 0.6) is 0 Å². The topological polar surface area (TPSA) is 78.9 Å². The number of nitrogens with one attached hydrogen (secondary N) is 1. The van der Waals surface area contributed by atoms with Crippen molar-refractivity contribution in [3.8, 4) is 0 Å². The van der Waals surface area contributed by atoms with Crippen molar-refractivity contribution in [2.24, 2.45) is 0 Å². The lowest BCUT2D eigenvalue weighted by Gasteiger charge is -2.20. The maximum Gasteiger partial charge on any atom is 0.317 e. The van der Waals surface area contributed by atoms with Crippen molar-refractivity contribution in [2.75, 3.05) is 39.3 Å². The third-order valence-electron chi connectivity index (χ3n) is 2.41. The minimum Gasteiger partial charge on any atom is -0.481 e. The number of aliphatic carboxylic acids is 1. The highest BCUT2D eigenvalue weighted by Crippen LogP contribution is 1.99. The number of hydrogen-bond donors (Lipinski definition) is 2. The third kappa shape index (κ3) is 8.19. The Bertz CT molecular complexity index is 263. The van der Waals surface area contributed by atoms with Gasteiger partial charge >= 0.3 is 12.0 Å². The van der Waals surface area contributed by atoms with E-state index in [4.69, 9.17) is 9.84 Å². The van der Waals surface area contributed by atoms with Gasteiger partial charge < -0.3 is 20.1 Å². The van der Waals surface area contributed by atoms with Crippen LogP contribution in [0.2, 0.25) is 0 Å². The Labute approximate surface area is 112 Å². The van der Waals surface area contributed by atoms with Crippen molar-refractivity contribution in [3.63, 3.8) is 0 Å². The van der Waals surface area contributed by atoms with Crippen molar-refractivity contribution in [3.05, 3.63) is 0 Å². The van der Waals surface area contributed by atoms with E-state index in [2.05, 4.69) is 5.32 Å². The van der Waals surface area contributed by atoms with Gasteiger partial charge in [-0.15, -0.1) is 0 Å². The van der Waals surface area contributed by atoms with E-state index in [1.807, 2.05) is 6.26 Å². The molecule has 1 atom stereocenters. The number of hydrogen-bond acceptors (Lipinski definition) is 4. The quantitative estimate of drug-likeness (QED) is 0.612. The highest BCUT2D eigenvalue weighted by molar-refractivity contribution is 7.98. The van der Waals surface area contributed by atoms with E-state index in [0.29, 0.717) is 6.54 Å². The standard InChI is InChI=1S/C11H22N2O4S/c1-13(5-4-6-18-3)11(16)12-8-9(17-2)7-10(14)15/h9H,4-8H2,1-3H3,(H,12,16)(H,14,15). The molecule has 0 radical (unpaired) electrons. The number of rotatable bonds is 9. The fourth-order valence-corrected chi connectivity index (χ4v) is 1.74. The van der Waals surface area contributed by atoms with Crippen LogP contribution < -0.4 is 5.32 Å². The molecular formula is C11H22N2O4S. The Morgan fingerprint density at radius 2 is 2.17 bits per heavy atom. The first-order chi connectivity index (χ1) is 8.51. The highest BCUT2D eigenvalue weighted by atomic mass is 32.2. The molecule has 0 saturated heterocycles. The van der Waals surface area contributed by atoms with Crippen LogP contribution in [0.1, 0.15) is 12.8 Å². The molecule has 0 aliphatic carbocycles. The molecule has 0 rings (SSSR count). The lowest BCUT2D eigenvalue weighted by Crippen LogP contribution is -2.42. The first-order valence-corrected chi connectivity index (χ1v) is 7.13. The van der Waals surface area contributed by atoms with Gasteiger partial charge in [0, 0.05) is 27.2 Å². The number of carbonyl (C=O) groups excluding carboxylic acids is 1.